The minimum Gasteiger partial charge on any atom is -0.314 e. The molecule has 0 N–H and O–H groups in total. The molecule has 0 aliphatic rings. The van der Waals surface area contributed by atoms with Crippen LogP contribution in [0.2, 0.25) is 0 Å². The first-order chi connectivity index (χ1) is 5.74. The second-order valence-electron chi connectivity index (χ2n) is 2.65. The summed E-state index contributed by atoms with van der Waals surface area (Å²) < 4.78 is 1.55. The van der Waals surface area contributed by atoms with Gasteiger partial charge < -0.3 is 4.57 Å². The van der Waals surface area contributed by atoms with Gasteiger partial charge >= 0.3 is 0 Å². The second kappa shape index (κ2) is 3.72. The molecular formula is C9H10N2O. The zero-order valence-corrected chi connectivity index (χ0v) is 6.95. The van der Waals surface area contributed by atoms with Crippen molar-refractivity contribution in [1.82, 2.24) is 4.57 Å². The number of hydrogen-bond acceptors (Lipinski definition) is 2. The summed E-state index contributed by atoms with van der Waals surface area (Å²) in [6.45, 7) is 2.40. The Morgan fingerprint density at radius 3 is 3.00 bits per heavy atom. The Labute approximate surface area is 70.9 Å². The van der Waals surface area contributed by atoms with Gasteiger partial charge in [-0.25, -0.2) is 0 Å². The van der Waals surface area contributed by atoms with Crippen LogP contribution in [0.15, 0.2) is 23.1 Å². The molecule has 0 amide bonds. The zero-order chi connectivity index (χ0) is 8.97. The predicted octanol–water partition coefficient (Wildman–Crippen LogP) is 1.07. The molecule has 3 nitrogen and oxygen atoms in total. The molecule has 1 aromatic heterocycles. The van der Waals surface area contributed by atoms with Gasteiger partial charge in [-0.3, -0.25) is 4.79 Å². The molecule has 1 aromatic rings. The summed E-state index contributed by atoms with van der Waals surface area (Å²) >= 11 is 0. The molecule has 62 valence electrons. The number of aryl methyl sites for hydroxylation is 2. The first-order valence-electron chi connectivity index (χ1n) is 3.78. The lowest BCUT2D eigenvalue weighted by Crippen LogP contribution is -2.18. The van der Waals surface area contributed by atoms with Gasteiger partial charge in [0.25, 0.3) is 5.56 Å². The lowest BCUT2D eigenvalue weighted by Gasteiger charge is -2.01. The highest BCUT2D eigenvalue weighted by Gasteiger charge is 1.94. The molecule has 0 aliphatic heterocycles. The van der Waals surface area contributed by atoms with Gasteiger partial charge in [0.2, 0.25) is 0 Å². The van der Waals surface area contributed by atoms with Crippen molar-refractivity contribution in [2.75, 3.05) is 0 Å². The molecule has 0 aliphatic carbocycles. The van der Waals surface area contributed by atoms with Gasteiger partial charge in [0.05, 0.1) is 12.5 Å². The highest BCUT2D eigenvalue weighted by molar-refractivity contribution is 5.07. The summed E-state index contributed by atoms with van der Waals surface area (Å²) in [5.74, 6) is 0. The number of nitrogens with zero attached hydrogens (tertiary/aromatic N) is 2. The molecule has 0 atom stereocenters. The van der Waals surface area contributed by atoms with Crippen LogP contribution >= 0.6 is 0 Å². The van der Waals surface area contributed by atoms with Crippen LogP contribution in [0.25, 0.3) is 0 Å². The first-order valence-corrected chi connectivity index (χ1v) is 3.78. The molecule has 0 spiro atoms. The van der Waals surface area contributed by atoms with Crippen LogP contribution in [0.3, 0.4) is 0 Å². The molecular weight excluding hydrogens is 152 g/mol. The Bertz CT molecular complexity index is 360. The monoisotopic (exact) mass is 162 g/mol. The lowest BCUT2D eigenvalue weighted by atomic mass is 10.3. The van der Waals surface area contributed by atoms with Gasteiger partial charge in [0.1, 0.15) is 0 Å². The molecule has 0 saturated heterocycles. The molecule has 0 aromatic carbocycles. The quantitative estimate of drug-likeness (QED) is 0.653. The summed E-state index contributed by atoms with van der Waals surface area (Å²) in [7, 11) is 0. The van der Waals surface area contributed by atoms with E-state index in [4.69, 9.17) is 5.26 Å². The van der Waals surface area contributed by atoms with Crippen LogP contribution in [-0.4, -0.2) is 4.57 Å². The fourth-order valence-corrected chi connectivity index (χ4v) is 0.996. The molecule has 1 heterocycles. The zero-order valence-electron chi connectivity index (χ0n) is 6.95. The van der Waals surface area contributed by atoms with Crippen molar-refractivity contribution in [1.29, 1.82) is 5.26 Å². The Morgan fingerprint density at radius 2 is 2.33 bits per heavy atom. The average Bonchev–Trinajstić information content (AvgIpc) is 2.07. The largest absolute Gasteiger partial charge is 0.314 e. The normalized spacial score (nSPS) is 9.33. The number of aromatic nitrogens is 1. The fraction of sp³-hybridized carbons (Fsp3) is 0.333. The van der Waals surface area contributed by atoms with Gasteiger partial charge in [0.15, 0.2) is 0 Å². The van der Waals surface area contributed by atoms with Gasteiger partial charge in [-0.1, -0.05) is 6.07 Å². The van der Waals surface area contributed by atoms with E-state index in [-0.39, 0.29) is 5.56 Å². The molecule has 0 bridgehead atoms. The first kappa shape index (κ1) is 8.54. The smallest absolute Gasteiger partial charge is 0.250 e. The van der Waals surface area contributed by atoms with Gasteiger partial charge in [-0.15, -0.1) is 0 Å². The minimum atomic E-state index is -0.0455. The van der Waals surface area contributed by atoms with Crippen LogP contribution < -0.4 is 5.56 Å². The molecule has 0 radical (unpaired) electrons. The Balaban J connectivity index is 2.92. The number of rotatable bonds is 2. The summed E-state index contributed by atoms with van der Waals surface area (Å²) in [6, 6.07) is 5.29. The van der Waals surface area contributed by atoms with Gasteiger partial charge in [-0.05, 0) is 12.5 Å². The van der Waals surface area contributed by atoms with Crippen molar-refractivity contribution in [3.8, 4) is 6.07 Å². The summed E-state index contributed by atoms with van der Waals surface area (Å²) in [4.78, 5) is 11.1. The Kier molecular flexibility index (Phi) is 2.65. The maximum atomic E-state index is 11.1. The Hall–Kier alpha value is -1.56. The van der Waals surface area contributed by atoms with E-state index >= 15 is 0 Å². The number of pyridine rings is 1. The summed E-state index contributed by atoms with van der Waals surface area (Å²) in [5.41, 5.74) is 0.989. The van der Waals surface area contributed by atoms with Crippen molar-refractivity contribution >= 4 is 0 Å². The SMILES string of the molecule is Cc1ccc(=O)n(CCC#N)c1. The third-order valence-corrected chi connectivity index (χ3v) is 1.60. The van der Waals surface area contributed by atoms with E-state index in [9.17, 15) is 4.79 Å². The number of nitriles is 1. The fourth-order valence-electron chi connectivity index (χ4n) is 0.996. The van der Waals surface area contributed by atoms with Crippen LogP contribution in [-0.2, 0) is 6.54 Å². The molecule has 12 heavy (non-hydrogen) atoms. The molecule has 0 saturated carbocycles. The highest BCUT2D eigenvalue weighted by atomic mass is 16.1. The van der Waals surface area contributed by atoms with Crippen LogP contribution in [0.4, 0.5) is 0 Å². The third kappa shape index (κ3) is 1.96. The summed E-state index contributed by atoms with van der Waals surface area (Å²) in [5, 5.41) is 8.32. The van der Waals surface area contributed by atoms with E-state index in [0.29, 0.717) is 13.0 Å². The Morgan fingerprint density at radius 1 is 1.58 bits per heavy atom. The van der Waals surface area contributed by atoms with Crippen molar-refractivity contribution in [2.24, 2.45) is 0 Å². The average molecular weight is 162 g/mol. The molecule has 0 unspecified atom stereocenters. The van der Waals surface area contributed by atoms with Crippen LogP contribution in [0.5, 0.6) is 0 Å². The minimum absolute atomic E-state index is 0.0455. The molecule has 1 rings (SSSR count). The van der Waals surface area contributed by atoms with Gasteiger partial charge in [-0.2, -0.15) is 5.26 Å². The van der Waals surface area contributed by atoms with Crippen molar-refractivity contribution in [3.63, 3.8) is 0 Å². The van der Waals surface area contributed by atoms with Crippen LogP contribution in [0, 0.1) is 18.3 Å². The maximum Gasteiger partial charge on any atom is 0.250 e. The highest BCUT2D eigenvalue weighted by Crippen LogP contribution is 1.92. The lowest BCUT2D eigenvalue weighted by molar-refractivity contribution is 0.683. The van der Waals surface area contributed by atoms with E-state index in [0.717, 1.165) is 5.56 Å². The van der Waals surface area contributed by atoms with E-state index in [1.165, 1.54) is 6.07 Å². The summed E-state index contributed by atoms with van der Waals surface area (Å²) in [6.07, 6.45) is 2.14. The van der Waals surface area contributed by atoms with Crippen LogP contribution in [0.1, 0.15) is 12.0 Å². The van der Waals surface area contributed by atoms with E-state index in [1.54, 1.807) is 16.8 Å². The predicted molar refractivity (Wildman–Crippen MR) is 45.7 cm³/mol. The molecule has 0 fully saturated rings. The van der Waals surface area contributed by atoms with Gasteiger partial charge in [0, 0.05) is 18.8 Å². The van der Waals surface area contributed by atoms with E-state index in [1.807, 2.05) is 13.0 Å². The third-order valence-electron chi connectivity index (χ3n) is 1.60. The van der Waals surface area contributed by atoms with Crippen molar-refractivity contribution < 1.29 is 0 Å². The van der Waals surface area contributed by atoms with E-state index in [2.05, 4.69) is 0 Å². The van der Waals surface area contributed by atoms with E-state index < -0.39 is 0 Å². The maximum absolute atomic E-state index is 11.1. The standard InChI is InChI=1S/C9H10N2O/c1-8-3-4-9(12)11(7-8)6-2-5-10/h3-4,7H,2,6H2,1H3. The topological polar surface area (TPSA) is 45.8 Å². The van der Waals surface area contributed by atoms with Crippen molar-refractivity contribution in [3.05, 3.63) is 34.2 Å². The number of hydrogen-bond donors (Lipinski definition) is 0. The second-order valence-corrected chi connectivity index (χ2v) is 2.65. The molecule has 3 heteroatoms. The van der Waals surface area contributed by atoms with Crippen molar-refractivity contribution in [2.45, 2.75) is 19.9 Å².